The fourth-order valence-electron chi connectivity index (χ4n) is 3.68. The van der Waals surface area contributed by atoms with Crippen molar-refractivity contribution in [2.45, 2.75) is 58.8 Å². The van der Waals surface area contributed by atoms with Crippen LogP contribution in [-0.4, -0.2) is 16.9 Å². The molecule has 0 aliphatic heterocycles. The van der Waals surface area contributed by atoms with Crippen molar-refractivity contribution in [1.29, 1.82) is 0 Å². The first-order chi connectivity index (χ1) is 7.86. The molecule has 0 aromatic carbocycles. The highest BCUT2D eigenvalue weighted by Gasteiger charge is 2.51. The molecule has 3 nitrogen and oxygen atoms in total. The molecule has 1 unspecified atom stereocenters. The zero-order valence-corrected chi connectivity index (χ0v) is 10.8. The lowest BCUT2D eigenvalue weighted by molar-refractivity contribution is -0.156. The van der Waals surface area contributed by atoms with E-state index >= 15 is 0 Å². The Kier molecular flexibility index (Phi) is 3.04. The molecule has 0 spiro atoms. The molecule has 2 aliphatic rings. The molecule has 2 rings (SSSR count). The number of carbonyl (C=O) groups is 2. The molecular formula is C14H22O3. The van der Waals surface area contributed by atoms with Crippen molar-refractivity contribution in [3.05, 3.63) is 0 Å². The Morgan fingerprint density at radius 2 is 1.82 bits per heavy atom. The Hall–Kier alpha value is -0.860. The summed E-state index contributed by atoms with van der Waals surface area (Å²) in [6, 6.07) is 0. The molecule has 0 aromatic rings. The van der Waals surface area contributed by atoms with Crippen molar-refractivity contribution in [1.82, 2.24) is 0 Å². The third kappa shape index (κ3) is 2.24. The molecule has 2 fully saturated rings. The van der Waals surface area contributed by atoms with Crippen molar-refractivity contribution in [3.63, 3.8) is 0 Å². The maximum Gasteiger partial charge on any atom is 0.309 e. The van der Waals surface area contributed by atoms with Gasteiger partial charge in [-0.2, -0.15) is 0 Å². The van der Waals surface area contributed by atoms with E-state index in [1.54, 1.807) is 0 Å². The highest BCUT2D eigenvalue weighted by Crippen LogP contribution is 2.53. The highest BCUT2D eigenvalue weighted by molar-refractivity contribution is 5.84. The van der Waals surface area contributed by atoms with Crippen LogP contribution in [0.1, 0.15) is 58.8 Å². The zero-order valence-electron chi connectivity index (χ0n) is 10.8. The lowest BCUT2D eigenvalue weighted by Gasteiger charge is -2.38. The molecular weight excluding hydrogens is 216 g/mol. The number of carboxylic acids is 1. The van der Waals surface area contributed by atoms with Crippen molar-refractivity contribution in [2.75, 3.05) is 0 Å². The molecule has 0 aromatic heterocycles. The quantitative estimate of drug-likeness (QED) is 0.804. The van der Waals surface area contributed by atoms with Crippen LogP contribution in [0.3, 0.4) is 0 Å². The molecule has 3 heteroatoms. The molecule has 2 saturated carbocycles. The van der Waals surface area contributed by atoms with Gasteiger partial charge in [-0.1, -0.05) is 13.8 Å². The van der Waals surface area contributed by atoms with Crippen LogP contribution in [0.25, 0.3) is 0 Å². The van der Waals surface area contributed by atoms with Gasteiger partial charge in [0.05, 0.1) is 5.41 Å². The smallest absolute Gasteiger partial charge is 0.309 e. The summed E-state index contributed by atoms with van der Waals surface area (Å²) in [7, 11) is 0. The van der Waals surface area contributed by atoms with Crippen molar-refractivity contribution >= 4 is 11.8 Å². The van der Waals surface area contributed by atoms with Gasteiger partial charge in [0.2, 0.25) is 0 Å². The predicted molar refractivity (Wildman–Crippen MR) is 64.7 cm³/mol. The number of Topliss-reactive ketones (excluding diaryl/α,β-unsaturated/α-hetero) is 1. The average Bonchev–Trinajstić information content (AvgIpc) is 2.60. The number of carboxylic acid groups (broad SMARTS) is 1. The molecule has 0 amide bonds. The van der Waals surface area contributed by atoms with Gasteiger partial charge in [0.15, 0.2) is 0 Å². The van der Waals surface area contributed by atoms with E-state index in [-0.39, 0.29) is 17.1 Å². The number of hydrogen-bond acceptors (Lipinski definition) is 2. The van der Waals surface area contributed by atoms with Gasteiger partial charge in [-0.15, -0.1) is 0 Å². The van der Waals surface area contributed by atoms with Gasteiger partial charge in [-0.25, -0.2) is 0 Å². The molecule has 2 aliphatic carbocycles. The van der Waals surface area contributed by atoms with Crippen molar-refractivity contribution in [2.24, 2.45) is 16.7 Å². The number of ketones is 1. The molecule has 0 radical (unpaired) electrons. The summed E-state index contributed by atoms with van der Waals surface area (Å²) in [6.45, 7) is 4.44. The number of aliphatic carboxylic acids is 1. The SMILES string of the molecule is CC1(C)CCC(C2(C(=O)O)CCC(=O)CC2)C1. The lowest BCUT2D eigenvalue weighted by Crippen LogP contribution is -2.41. The second kappa shape index (κ2) is 4.11. The second-order valence-corrected chi connectivity index (χ2v) is 6.60. The van der Waals surface area contributed by atoms with E-state index in [9.17, 15) is 14.7 Å². The minimum absolute atomic E-state index is 0.235. The Balaban J connectivity index is 2.18. The van der Waals surface area contributed by atoms with E-state index in [2.05, 4.69) is 13.8 Å². The van der Waals surface area contributed by atoms with Gasteiger partial charge in [0, 0.05) is 12.8 Å². The first-order valence-corrected chi connectivity index (χ1v) is 6.61. The van der Waals surface area contributed by atoms with E-state index < -0.39 is 11.4 Å². The molecule has 96 valence electrons. The lowest BCUT2D eigenvalue weighted by atomic mass is 9.64. The fourth-order valence-corrected chi connectivity index (χ4v) is 3.68. The molecule has 0 heterocycles. The maximum absolute atomic E-state index is 11.7. The van der Waals surface area contributed by atoms with Crippen molar-refractivity contribution in [3.8, 4) is 0 Å². The number of rotatable bonds is 2. The Bertz CT molecular complexity index is 333. The molecule has 1 N–H and O–H groups in total. The third-order valence-electron chi connectivity index (χ3n) is 4.88. The standard InChI is InChI=1S/C14H22O3/c1-13(2)6-3-10(9-13)14(12(16)17)7-4-11(15)5-8-14/h10H,3-9H2,1-2H3,(H,16,17). The Labute approximate surface area is 103 Å². The first-order valence-electron chi connectivity index (χ1n) is 6.61. The van der Waals surface area contributed by atoms with E-state index in [0.717, 1.165) is 19.3 Å². The Morgan fingerprint density at radius 1 is 1.24 bits per heavy atom. The number of carbonyl (C=O) groups excluding carboxylic acids is 1. The molecule has 0 bridgehead atoms. The minimum atomic E-state index is -0.673. The van der Waals surface area contributed by atoms with Crippen molar-refractivity contribution < 1.29 is 14.7 Å². The average molecular weight is 238 g/mol. The van der Waals surface area contributed by atoms with Crippen LogP contribution in [0.15, 0.2) is 0 Å². The van der Waals surface area contributed by atoms with E-state index in [4.69, 9.17) is 0 Å². The summed E-state index contributed by atoms with van der Waals surface area (Å²) >= 11 is 0. The summed E-state index contributed by atoms with van der Waals surface area (Å²) in [6.07, 6.45) is 5.15. The van der Waals surface area contributed by atoms with Crippen LogP contribution < -0.4 is 0 Å². The summed E-state index contributed by atoms with van der Waals surface area (Å²) in [4.78, 5) is 23.0. The third-order valence-corrected chi connectivity index (χ3v) is 4.88. The van der Waals surface area contributed by atoms with E-state index in [1.165, 1.54) is 0 Å². The summed E-state index contributed by atoms with van der Waals surface area (Å²) in [5, 5.41) is 9.59. The van der Waals surface area contributed by atoms with Gasteiger partial charge in [-0.05, 0) is 43.4 Å². The maximum atomic E-state index is 11.7. The minimum Gasteiger partial charge on any atom is -0.481 e. The predicted octanol–water partition coefficient (Wildman–Crippen LogP) is 3.03. The van der Waals surface area contributed by atoms with E-state index in [1.807, 2.05) is 0 Å². The molecule has 0 saturated heterocycles. The van der Waals surface area contributed by atoms with Crippen LogP contribution in [0.5, 0.6) is 0 Å². The van der Waals surface area contributed by atoms with Gasteiger partial charge in [-0.3, -0.25) is 9.59 Å². The fraction of sp³-hybridized carbons (Fsp3) is 0.857. The van der Waals surface area contributed by atoms with Crippen LogP contribution in [0.4, 0.5) is 0 Å². The summed E-state index contributed by atoms with van der Waals surface area (Å²) in [5.74, 6) is -0.171. The number of hydrogen-bond donors (Lipinski definition) is 1. The topological polar surface area (TPSA) is 54.4 Å². The molecule has 1 atom stereocenters. The highest BCUT2D eigenvalue weighted by atomic mass is 16.4. The monoisotopic (exact) mass is 238 g/mol. The van der Waals surface area contributed by atoms with Gasteiger partial charge in [0.25, 0.3) is 0 Å². The van der Waals surface area contributed by atoms with Gasteiger partial charge in [0.1, 0.15) is 5.78 Å². The second-order valence-electron chi connectivity index (χ2n) is 6.60. The van der Waals surface area contributed by atoms with Crippen LogP contribution in [-0.2, 0) is 9.59 Å². The Morgan fingerprint density at radius 3 is 2.24 bits per heavy atom. The van der Waals surface area contributed by atoms with Crippen LogP contribution in [0, 0.1) is 16.7 Å². The van der Waals surface area contributed by atoms with Crippen LogP contribution >= 0.6 is 0 Å². The summed E-state index contributed by atoms with van der Waals surface area (Å²) in [5.41, 5.74) is -0.337. The molecule has 17 heavy (non-hydrogen) atoms. The van der Waals surface area contributed by atoms with Gasteiger partial charge >= 0.3 is 5.97 Å². The van der Waals surface area contributed by atoms with Crippen LogP contribution in [0.2, 0.25) is 0 Å². The largest absolute Gasteiger partial charge is 0.481 e. The normalized spacial score (nSPS) is 31.4. The zero-order chi connectivity index (χ0) is 12.7. The first kappa shape index (κ1) is 12.6. The van der Waals surface area contributed by atoms with E-state index in [0.29, 0.717) is 25.7 Å². The van der Waals surface area contributed by atoms with Gasteiger partial charge < -0.3 is 5.11 Å². The summed E-state index contributed by atoms with van der Waals surface area (Å²) < 4.78 is 0.